The Morgan fingerprint density at radius 3 is 1.83 bits per heavy atom. The van der Waals surface area contributed by atoms with Crippen LogP contribution in [0.5, 0.6) is 0 Å². The van der Waals surface area contributed by atoms with Crippen molar-refractivity contribution in [2.45, 2.75) is 26.4 Å². The van der Waals surface area contributed by atoms with Crippen LogP contribution in [0.2, 0.25) is 0 Å². The Labute approximate surface area is 81.6 Å². The first-order valence-electron chi connectivity index (χ1n) is 1.95. The van der Waals surface area contributed by atoms with Gasteiger partial charge in [-0.1, -0.05) is 6.92 Å². The summed E-state index contributed by atoms with van der Waals surface area (Å²) in [6, 6.07) is 0. The zero-order valence-electron chi connectivity index (χ0n) is 3.73. The van der Waals surface area contributed by atoms with Gasteiger partial charge in [-0.2, -0.15) is 0 Å². The first-order valence-corrected chi connectivity index (χ1v) is 1.95. The number of aliphatic hydroxyl groups excluding tert-OH is 1. The average molecular weight is 114 g/mol. The van der Waals surface area contributed by atoms with E-state index in [4.69, 9.17) is 5.11 Å². The summed E-state index contributed by atoms with van der Waals surface area (Å²) in [6.07, 6.45) is 0.745. The molecular weight excluding hydrogens is 103 g/mol. The summed E-state index contributed by atoms with van der Waals surface area (Å²) in [6.45, 7) is 3.73. The molecule has 0 aromatic carbocycles. The van der Waals surface area contributed by atoms with Crippen molar-refractivity contribution in [2.24, 2.45) is 0 Å². The van der Waals surface area contributed by atoms with Gasteiger partial charge in [-0.25, -0.2) is 0 Å². The summed E-state index contributed by atoms with van der Waals surface area (Å²) < 4.78 is 0. The van der Waals surface area contributed by atoms with Crippen LogP contribution in [0.4, 0.5) is 0 Å². The molecule has 0 aliphatic rings. The van der Waals surface area contributed by atoms with E-state index >= 15 is 0 Å². The molecule has 6 heavy (non-hydrogen) atoms. The van der Waals surface area contributed by atoms with Crippen molar-refractivity contribution in [1.82, 2.24) is 0 Å². The molecule has 0 aliphatic heterocycles. The van der Waals surface area contributed by atoms with E-state index in [9.17, 15) is 0 Å². The van der Waals surface area contributed by atoms with Gasteiger partial charge >= 0.3 is 51.4 Å². The average Bonchev–Trinajstić information content (AvgIpc) is 1.38. The summed E-state index contributed by atoms with van der Waals surface area (Å²) in [5.41, 5.74) is 0. The Morgan fingerprint density at radius 1 is 1.67 bits per heavy atom. The van der Waals surface area contributed by atoms with E-state index in [2.05, 4.69) is 0 Å². The van der Waals surface area contributed by atoms with Gasteiger partial charge in [-0.05, 0) is 13.3 Å². The molecule has 0 spiro atoms. The number of hydrogen-bond donors (Lipinski definition) is 1. The van der Waals surface area contributed by atoms with E-state index in [0.717, 1.165) is 6.42 Å². The second kappa shape index (κ2) is 6.60. The Balaban J connectivity index is 0. The molecule has 0 aromatic heterocycles. The number of aliphatic hydroxyl groups is 1. The van der Waals surface area contributed by atoms with Gasteiger partial charge in [0.1, 0.15) is 0 Å². The second-order valence-electron chi connectivity index (χ2n) is 1.26. The third kappa shape index (κ3) is 9.14. The normalized spacial score (nSPS) is 12.5. The van der Waals surface area contributed by atoms with Crippen molar-refractivity contribution in [3.63, 3.8) is 0 Å². The minimum atomic E-state index is -0.116. The predicted octanol–water partition coefficient (Wildman–Crippen LogP) is 0.129. The molecule has 0 amide bonds. The van der Waals surface area contributed by atoms with E-state index < -0.39 is 0 Å². The molecular formula is C4H11KO. The van der Waals surface area contributed by atoms with E-state index in [1.807, 2.05) is 6.92 Å². The Bertz CT molecular complexity index is 21.5. The zero-order chi connectivity index (χ0) is 4.28. The second-order valence-corrected chi connectivity index (χ2v) is 1.26. The molecule has 0 aromatic rings. The number of rotatable bonds is 1. The zero-order valence-corrected chi connectivity index (χ0v) is 3.73. The monoisotopic (exact) mass is 114 g/mol. The van der Waals surface area contributed by atoms with Gasteiger partial charge < -0.3 is 5.11 Å². The third-order valence-electron chi connectivity index (χ3n) is 0.591. The van der Waals surface area contributed by atoms with Crippen LogP contribution in [0.15, 0.2) is 0 Å². The molecule has 0 unspecified atom stereocenters. The fourth-order valence-corrected chi connectivity index (χ4v) is 0. The van der Waals surface area contributed by atoms with Crippen LogP contribution in [0.1, 0.15) is 20.3 Å². The maximum absolute atomic E-state index is 8.36. The Kier molecular flexibility index (Phi) is 11.6. The van der Waals surface area contributed by atoms with Gasteiger partial charge in [0.15, 0.2) is 0 Å². The quantitative estimate of drug-likeness (QED) is 0.480. The van der Waals surface area contributed by atoms with Crippen LogP contribution in [-0.4, -0.2) is 62.6 Å². The molecule has 0 bridgehead atoms. The van der Waals surface area contributed by atoms with E-state index in [-0.39, 0.29) is 57.5 Å². The Hall–Kier alpha value is 1.60. The third-order valence-corrected chi connectivity index (χ3v) is 0.591. The molecule has 1 nitrogen and oxygen atoms in total. The van der Waals surface area contributed by atoms with Crippen LogP contribution in [0.3, 0.4) is 0 Å². The summed E-state index contributed by atoms with van der Waals surface area (Å²) >= 11 is 0. The van der Waals surface area contributed by atoms with Gasteiger partial charge in [0.05, 0.1) is 6.10 Å². The summed E-state index contributed by atoms with van der Waals surface area (Å²) in [5, 5.41) is 8.36. The molecule has 1 N–H and O–H groups in total. The fraction of sp³-hybridized carbons (Fsp3) is 1.00. The first-order chi connectivity index (χ1) is 2.27. The van der Waals surface area contributed by atoms with Crippen molar-refractivity contribution in [3.05, 3.63) is 0 Å². The Morgan fingerprint density at radius 2 is 1.83 bits per heavy atom. The van der Waals surface area contributed by atoms with Crippen molar-refractivity contribution in [2.75, 3.05) is 0 Å². The summed E-state index contributed by atoms with van der Waals surface area (Å²) in [4.78, 5) is 0. The molecule has 0 aliphatic carbocycles. The maximum atomic E-state index is 8.36. The minimum absolute atomic E-state index is 0. The van der Waals surface area contributed by atoms with Gasteiger partial charge in [-0.3, -0.25) is 0 Å². The first kappa shape index (κ1) is 10.6. The van der Waals surface area contributed by atoms with Crippen molar-refractivity contribution >= 4 is 51.4 Å². The summed E-state index contributed by atoms with van der Waals surface area (Å²) in [5.74, 6) is 0. The van der Waals surface area contributed by atoms with Crippen molar-refractivity contribution in [1.29, 1.82) is 0 Å². The molecule has 0 saturated carbocycles. The molecule has 0 fully saturated rings. The molecule has 0 rings (SSSR count). The van der Waals surface area contributed by atoms with E-state index in [1.54, 1.807) is 6.92 Å². The molecule has 0 heterocycles. The van der Waals surface area contributed by atoms with Crippen molar-refractivity contribution in [3.8, 4) is 0 Å². The van der Waals surface area contributed by atoms with Crippen LogP contribution < -0.4 is 0 Å². The van der Waals surface area contributed by atoms with Gasteiger partial charge in [0.25, 0.3) is 0 Å². The topological polar surface area (TPSA) is 20.2 Å². The molecule has 0 radical (unpaired) electrons. The van der Waals surface area contributed by atoms with Gasteiger partial charge in [0.2, 0.25) is 0 Å². The molecule has 0 saturated heterocycles. The fourth-order valence-electron chi connectivity index (χ4n) is 0. The van der Waals surface area contributed by atoms with Crippen LogP contribution in [-0.2, 0) is 0 Å². The van der Waals surface area contributed by atoms with E-state index in [0.29, 0.717) is 0 Å². The van der Waals surface area contributed by atoms with E-state index in [1.165, 1.54) is 0 Å². The number of hydrogen-bond acceptors (Lipinski definition) is 1. The van der Waals surface area contributed by atoms with Crippen LogP contribution in [0.25, 0.3) is 0 Å². The standard InChI is InChI=1S/C4H10O.K.H/c1-3-4(2)5;;/h4-5H,3H2,1-2H3;;/t4-;;/m1../s1. The molecule has 2 heteroatoms. The van der Waals surface area contributed by atoms with Crippen LogP contribution >= 0.6 is 0 Å². The van der Waals surface area contributed by atoms with Gasteiger partial charge in [-0.15, -0.1) is 0 Å². The molecule has 1 atom stereocenters. The van der Waals surface area contributed by atoms with Crippen LogP contribution in [0, 0.1) is 0 Å². The SMILES string of the molecule is CC[C@@H](C)O.[KH]. The molecule has 34 valence electrons. The summed E-state index contributed by atoms with van der Waals surface area (Å²) in [7, 11) is 0. The van der Waals surface area contributed by atoms with Gasteiger partial charge in [0, 0.05) is 0 Å². The predicted molar refractivity (Wildman–Crippen MR) is 29.1 cm³/mol. The van der Waals surface area contributed by atoms with Crippen molar-refractivity contribution < 1.29 is 5.11 Å².